The molecule has 5 N–H and O–H groups in total. The van der Waals surface area contributed by atoms with Crippen molar-refractivity contribution in [1.29, 1.82) is 0 Å². The molecule has 92 valence electrons. The quantitative estimate of drug-likeness (QED) is 0.443. The summed E-state index contributed by atoms with van der Waals surface area (Å²) in [5, 5.41) is 19.8. The van der Waals surface area contributed by atoms with Crippen molar-refractivity contribution >= 4 is 17.8 Å². The Hall–Kier alpha value is -1.63. The minimum Gasteiger partial charge on any atom is -0.550 e. The summed E-state index contributed by atoms with van der Waals surface area (Å²) in [7, 11) is 0. The number of carboxylic acid groups (broad SMARTS) is 2. The van der Waals surface area contributed by atoms with Crippen molar-refractivity contribution in [3.8, 4) is 0 Å². The number of carbonyl (C=O) groups is 3. The predicted octanol–water partition coefficient (Wildman–Crippen LogP) is -3.04. The van der Waals surface area contributed by atoms with Crippen LogP contribution in [0.2, 0.25) is 0 Å². The van der Waals surface area contributed by atoms with E-state index in [1.807, 2.05) is 0 Å². The minimum absolute atomic E-state index is 0.143. The molecule has 0 radical (unpaired) electrons. The SMILES string of the molecule is CC(=O)[O-].[NH3+]CCC[C@H]1C(=O)N[C@@H]1C(=O)O. The summed E-state index contributed by atoms with van der Waals surface area (Å²) in [6, 6.07) is -0.663. The van der Waals surface area contributed by atoms with Gasteiger partial charge in [0, 0.05) is 5.97 Å². The lowest BCUT2D eigenvalue weighted by molar-refractivity contribution is -0.368. The lowest BCUT2D eigenvalue weighted by Gasteiger charge is -2.33. The van der Waals surface area contributed by atoms with E-state index in [9.17, 15) is 9.59 Å². The molecule has 0 aromatic carbocycles. The van der Waals surface area contributed by atoms with Crippen LogP contribution in [0.15, 0.2) is 0 Å². The number of β-lactam (4-membered cyclic amide) rings is 1. The molecule has 0 aromatic rings. The van der Waals surface area contributed by atoms with E-state index in [1.54, 1.807) is 0 Å². The Bertz CT molecular complexity index is 275. The highest BCUT2D eigenvalue weighted by molar-refractivity contribution is 5.96. The Morgan fingerprint density at radius 2 is 2.06 bits per heavy atom. The number of amides is 1. The molecular weight excluding hydrogens is 216 g/mol. The summed E-state index contributed by atoms with van der Waals surface area (Å²) in [5.74, 6) is -2.50. The molecule has 0 aliphatic carbocycles. The first kappa shape index (κ1) is 14.4. The van der Waals surface area contributed by atoms with Crippen molar-refractivity contribution in [2.45, 2.75) is 25.8 Å². The van der Waals surface area contributed by atoms with Crippen molar-refractivity contribution in [2.24, 2.45) is 5.92 Å². The van der Waals surface area contributed by atoms with Crippen LogP contribution in [0.4, 0.5) is 0 Å². The molecule has 0 bridgehead atoms. The molecule has 0 spiro atoms. The lowest BCUT2D eigenvalue weighted by atomic mass is 9.86. The molecule has 1 heterocycles. The maximum atomic E-state index is 10.9. The van der Waals surface area contributed by atoms with Crippen molar-refractivity contribution in [3.63, 3.8) is 0 Å². The van der Waals surface area contributed by atoms with Gasteiger partial charge in [0.25, 0.3) is 0 Å². The average Bonchev–Trinajstić information content (AvgIpc) is 2.13. The second kappa shape index (κ2) is 6.78. The van der Waals surface area contributed by atoms with Crippen LogP contribution in [-0.4, -0.2) is 35.5 Å². The minimum atomic E-state index is -1.08. The molecule has 1 saturated heterocycles. The Labute approximate surface area is 92.6 Å². The van der Waals surface area contributed by atoms with Crippen LogP contribution in [0, 0.1) is 5.92 Å². The third kappa shape index (κ3) is 4.74. The number of hydrogen-bond donors (Lipinski definition) is 3. The first-order chi connectivity index (χ1) is 7.40. The molecule has 0 saturated carbocycles. The maximum absolute atomic E-state index is 10.9. The number of carboxylic acids is 2. The summed E-state index contributed by atoms with van der Waals surface area (Å²) in [6.45, 7) is 1.72. The molecule has 7 heteroatoms. The molecule has 7 nitrogen and oxygen atoms in total. The van der Waals surface area contributed by atoms with E-state index in [0.717, 1.165) is 19.9 Å². The van der Waals surface area contributed by atoms with E-state index in [0.29, 0.717) is 6.42 Å². The summed E-state index contributed by atoms with van der Waals surface area (Å²) in [4.78, 5) is 30.2. The fourth-order valence-electron chi connectivity index (χ4n) is 1.31. The third-order valence-electron chi connectivity index (χ3n) is 2.07. The van der Waals surface area contributed by atoms with Gasteiger partial charge in [0.15, 0.2) is 0 Å². The predicted molar refractivity (Wildman–Crippen MR) is 50.7 cm³/mol. The van der Waals surface area contributed by atoms with Crippen molar-refractivity contribution in [2.75, 3.05) is 6.54 Å². The Morgan fingerprint density at radius 3 is 2.38 bits per heavy atom. The molecule has 1 aliphatic heterocycles. The van der Waals surface area contributed by atoms with Crippen LogP contribution < -0.4 is 16.2 Å². The Balaban J connectivity index is 0.000000487. The highest BCUT2D eigenvalue weighted by Crippen LogP contribution is 2.20. The summed E-state index contributed by atoms with van der Waals surface area (Å²) in [5.41, 5.74) is 3.63. The summed E-state index contributed by atoms with van der Waals surface area (Å²) >= 11 is 0. The van der Waals surface area contributed by atoms with Crippen LogP contribution in [0.5, 0.6) is 0 Å². The normalized spacial score (nSPS) is 22.2. The maximum Gasteiger partial charge on any atom is 0.327 e. The number of aliphatic carboxylic acids is 2. The number of quaternary nitrogens is 1. The van der Waals surface area contributed by atoms with Crippen molar-refractivity contribution in [3.05, 3.63) is 0 Å². The molecule has 16 heavy (non-hydrogen) atoms. The highest BCUT2D eigenvalue weighted by Gasteiger charge is 2.43. The topological polar surface area (TPSA) is 134 Å². The van der Waals surface area contributed by atoms with E-state index in [1.165, 1.54) is 0 Å². The Kier molecular flexibility index (Phi) is 6.09. The van der Waals surface area contributed by atoms with E-state index < -0.39 is 18.0 Å². The average molecular weight is 232 g/mol. The number of rotatable bonds is 4. The molecule has 1 rings (SSSR count). The molecule has 1 amide bonds. The molecule has 1 fully saturated rings. The van der Waals surface area contributed by atoms with E-state index in [4.69, 9.17) is 15.0 Å². The van der Waals surface area contributed by atoms with Gasteiger partial charge in [-0.15, -0.1) is 0 Å². The first-order valence-electron chi connectivity index (χ1n) is 4.90. The van der Waals surface area contributed by atoms with Crippen LogP contribution in [-0.2, 0) is 14.4 Å². The van der Waals surface area contributed by atoms with Gasteiger partial charge >= 0.3 is 5.97 Å². The van der Waals surface area contributed by atoms with Gasteiger partial charge in [0.1, 0.15) is 6.04 Å². The largest absolute Gasteiger partial charge is 0.550 e. The van der Waals surface area contributed by atoms with Gasteiger partial charge in [-0.2, -0.15) is 0 Å². The third-order valence-corrected chi connectivity index (χ3v) is 2.07. The summed E-state index contributed by atoms with van der Waals surface area (Å²) in [6.07, 6.45) is 1.44. The van der Waals surface area contributed by atoms with E-state index >= 15 is 0 Å². The zero-order valence-electron chi connectivity index (χ0n) is 9.06. The second-order valence-electron chi connectivity index (χ2n) is 3.42. The fraction of sp³-hybridized carbons (Fsp3) is 0.667. The van der Waals surface area contributed by atoms with Gasteiger partial charge in [-0.3, -0.25) is 4.79 Å². The fourth-order valence-corrected chi connectivity index (χ4v) is 1.31. The van der Waals surface area contributed by atoms with Gasteiger partial charge in [0.2, 0.25) is 5.91 Å². The van der Waals surface area contributed by atoms with Crippen LogP contribution in [0.3, 0.4) is 0 Å². The zero-order chi connectivity index (χ0) is 12.7. The van der Waals surface area contributed by atoms with Crippen LogP contribution in [0.1, 0.15) is 19.8 Å². The van der Waals surface area contributed by atoms with Gasteiger partial charge in [-0.1, -0.05) is 0 Å². The van der Waals surface area contributed by atoms with E-state index in [2.05, 4.69) is 11.1 Å². The molecule has 1 aliphatic rings. The second-order valence-corrected chi connectivity index (χ2v) is 3.42. The Morgan fingerprint density at radius 1 is 1.56 bits per heavy atom. The standard InChI is InChI=1S/C7H12N2O3.C2H4O2/c8-3-1-2-4-5(7(11)12)9-6(4)10;1-2(3)4/h4-5H,1-3,8H2,(H,9,10)(H,11,12);1H3,(H,3,4)/t4-,5+;/m1./s1. The number of hydrogen-bond acceptors (Lipinski definition) is 4. The zero-order valence-corrected chi connectivity index (χ0v) is 9.06. The number of carbonyl (C=O) groups excluding carboxylic acids is 2. The monoisotopic (exact) mass is 232 g/mol. The van der Waals surface area contributed by atoms with Gasteiger partial charge in [-0.25, -0.2) is 4.79 Å². The number of nitrogens with one attached hydrogen (secondary N) is 1. The van der Waals surface area contributed by atoms with Crippen LogP contribution in [0.25, 0.3) is 0 Å². The highest BCUT2D eigenvalue weighted by atomic mass is 16.4. The molecule has 0 unspecified atom stereocenters. The van der Waals surface area contributed by atoms with E-state index in [-0.39, 0.29) is 11.8 Å². The smallest absolute Gasteiger partial charge is 0.327 e. The van der Waals surface area contributed by atoms with Gasteiger partial charge in [0.05, 0.1) is 12.5 Å². The van der Waals surface area contributed by atoms with Gasteiger partial charge in [-0.05, 0) is 19.8 Å². The summed E-state index contributed by atoms with van der Waals surface area (Å²) < 4.78 is 0. The van der Waals surface area contributed by atoms with Crippen LogP contribution >= 0.6 is 0 Å². The van der Waals surface area contributed by atoms with Gasteiger partial charge < -0.3 is 26.1 Å². The van der Waals surface area contributed by atoms with Crippen molar-refractivity contribution in [1.82, 2.24) is 5.32 Å². The van der Waals surface area contributed by atoms with Crippen molar-refractivity contribution < 1.29 is 30.3 Å². The lowest BCUT2D eigenvalue weighted by Crippen LogP contribution is -2.62. The molecular formula is C9H16N2O5. The molecule has 0 aromatic heterocycles. The first-order valence-corrected chi connectivity index (χ1v) is 4.90. The molecule has 2 atom stereocenters.